The molecule has 0 unspecified atom stereocenters. The van der Waals surface area contributed by atoms with E-state index in [-0.39, 0.29) is 29.9 Å². The van der Waals surface area contributed by atoms with Crippen LogP contribution in [0, 0.1) is 0 Å². The Morgan fingerprint density at radius 2 is 2.08 bits per heavy atom. The average Bonchev–Trinajstić information content (AvgIpc) is 2.32. The summed E-state index contributed by atoms with van der Waals surface area (Å²) in [6, 6.07) is -0.728. The second kappa shape index (κ2) is 4.81. The first-order chi connectivity index (χ1) is 8.04. The second-order valence-corrected chi connectivity index (χ2v) is 2.76. The highest BCUT2D eigenvalue weighted by Gasteiger charge is 1.92. The van der Waals surface area contributed by atoms with Gasteiger partial charge in [0.2, 0.25) is 0 Å². The third-order valence-electron chi connectivity index (χ3n) is 1.68. The Hall–Kier alpha value is -0.980. The number of phenols is 1. The molecule has 0 bridgehead atoms. The van der Waals surface area contributed by atoms with Crippen LogP contribution in [-0.2, 0) is 6.42 Å². The Kier molecular flexibility index (Phi) is 1.73. The Morgan fingerprint density at radius 3 is 2.67 bits per heavy atom. The van der Waals surface area contributed by atoms with Crippen LogP contribution in [0.25, 0.3) is 0 Å². The fraction of sp³-hybridized carbons (Fsp3) is 0.455. The summed E-state index contributed by atoms with van der Waals surface area (Å²) in [7, 11) is 0. The summed E-state index contributed by atoms with van der Waals surface area (Å²) in [5.41, 5.74) is 0.411. The molecule has 0 spiro atoms. The maximum absolute atomic E-state index is 7.76. The molecule has 12 heavy (non-hydrogen) atoms. The van der Waals surface area contributed by atoms with E-state index < -0.39 is 0 Å². The van der Waals surface area contributed by atoms with E-state index in [4.69, 9.17) is 6.91 Å². The van der Waals surface area contributed by atoms with E-state index in [0.29, 0.717) is 12.0 Å². The maximum atomic E-state index is 7.76. The summed E-state index contributed by atoms with van der Waals surface area (Å²) < 4.78 is 37.5. The zero-order chi connectivity index (χ0) is 13.0. The van der Waals surface area contributed by atoms with Crippen LogP contribution in [0.1, 0.15) is 37.2 Å². The van der Waals surface area contributed by atoms with Gasteiger partial charge >= 0.3 is 0 Å². The normalized spacial score (nSPS) is 15.6. The summed E-state index contributed by atoms with van der Waals surface area (Å²) in [6.45, 7) is 2.06. The van der Waals surface area contributed by atoms with Crippen molar-refractivity contribution in [1.29, 1.82) is 1.43 Å². The minimum Gasteiger partial charge on any atom is -0.508 e. The van der Waals surface area contributed by atoms with Gasteiger partial charge in [0.1, 0.15) is 5.75 Å². The molecule has 1 aromatic rings. The highest BCUT2D eigenvalue weighted by atomic mass is 16.3. The number of unbranched alkanes of at least 4 members (excludes halogenated alkanes) is 2. The molecule has 0 saturated heterocycles. The molecule has 0 aliphatic heterocycles. The number of hydrogen-bond acceptors (Lipinski definition) is 1. The standard InChI is InChI=1S/C11H16O/c1-2-3-4-5-10-6-8-11(12)9-7-10/h6-9,12H,2-5H2,1H3/i6D,7D,8D,9D/hD. The molecule has 0 heterocycles. The summed E-state index contributed by atoms with van der Waals surface area (Å²) in [5, 5.41) is 4.15. The van der Waals surface area contributed by atoms with E-state index in [9.17, 15) is 0 Å². The van der Waals surface area contributed by atoms with Crippen molar-refractivity contribution in [1.82, 2.24) is 0 Å². The molecule has 1 heteroatoms. The van der Waals surface area contributed by atoms with Crippen molar-refractivity contribution in [3.8, 4) is 5.75 Å². The van der Waals surface area contributed by atoms with Gasteiger partial charge in [-0.3, -0.25) is 0 Å². The van der Waals surface area contributed by atoms with E-state index in [1.165, 1.54) is 0 Å². The lowest BCUT2D eigenvalue weighted by Gasteiger charge is -1.99. The topological polar surface area (TPSA) is 20.2 Å². The van der Waals surface area contributed by atoms with Gasteiger partial charge in [-0.2, -0.15) is 0 Å². The largest absolute Gasteiger partial charge is 0.508 e. The Morgan fingerprint density at radius 1 is 1.33 bits per heavy atom. The Labute approximate surface area is 81.2 Å². The van der Waals surface area contributed by atoms with Gasteiger partial charge in [-0.1, -0.05) is 31.9 Å². The molecule has 0 fully saturated rings. The van der Waals surface area contributed by atoms with Crippen molar-refractivity contribution in [3.63, 3.8) is 0 Å². The van der Waals surface area contributed by atoms with Gasteiger partial charge in [-0.05, 0) is 30.5 Å². The second-order valence-electron chi connectivity index (χ2n) is 2.76. The molecule has 0 atom stereocenters. The maximum Gasteiger partial charge on any atom is 0.293 e. The van der Waals surface area contributed by atoms with Gasteiger partial charge in [0.15, 0.2) is 0 Å². The summed E-state index contributed by atoms with van der Waals surface area (Å²) in [4.78, 5) is 0. The average molecular weight is 169 g/mol. The highest BCUT2D eigenvalue weighted by Crippen LogP contribution is 2.12. The lowest BCUT2D eigenvalue weighted by Crippen LogP contribution is -1.83. The quantitative estimate of drug-likeness (QED) is 0.671. The van der Waals surface area contributed by atoms with Crippen molar-refractivity contribution in [2.75, 3.05) is 0 Å². The summed E-state index contributed by atoms with van der Waals surface area (Å²) >= 11 is 0. The molecule has 1 nitrogen and oxygen atoms in total. The fourth-order valence-corrected chi connectivity index (χ4v) is 1.00. The molecule has 0 aliphatic rings. The zero-order valence-corrected chi connectivity index (χ0v) is 7.24. The van der Waals surface area contributed by atoms with E-state index >= 15 is 0 Å². The predicted octanol–water partition coefficient (Wildman–Crippen LogP) is 3.12. The molecular formula is C11H16O. The molecule has 0 amide bonds. The van der Waals surface area contributed by atoms with Crippen LogP contribution < -0.4 is 0 Å². The first kappa shape index (κ1) is 4.31. The summed E-state index contributed by atoms with van der Waals surface area (Å²) in [6.07, 6.45) is 3.40. The highest BCUT2D eigenvalue weighted by molar-refractivity contribution is 5.25. The molecule has 0 saturated carbocycles. The monoisotopic (exact) mass is 169 g/mol. The number of rotatable bonds is 5. The van der Waals surface area contributed by atoms with Crippen LogP contribution in [0.15, 0.2) is 24.2 Å². The number of hydrogen-bond donors (Lipinski definition) is 1. The van der Waals surface area contributed by atoms with Crippen molar-refractivity contribution < 1.29 is 10.6 Å². The van der Waals surface area contributed by atoms with Gasteiger partial charge in [-0.25, -0.2) is 0 Å². The van der Waals surface area contributed by atoms with E-state index in [2.05, 4.69) is 12.0 Å². The van der Waals surface area contributed by atoms with Gasteiger partial charge in [0.25, 0.3) is 1.43 Å². The van der Waals surface area contributed by atoms with Crippen molar-refractivity contribution in [2.45, 2.75) is 32.6 Å². The molecule has 0 radical (unpaired) electrons. The SMILES string of the molecule is [2H]Oc1c([2H])c([2H])c(CCCCC)c([2H])c1[2H]. The third-order valence-corrected chi connectivity index (χ3v) is 1.68. The molecule has 1 N–H and O–H groups in total. The smallest absolute Gasteiger partial charge is 0.293 e. The van der Waals surface area contributed by atoms with Gasteiger partial charge in [-0.15, -0.1) is 0 Å². The molecule has 1 aromatic carbocycles. The number of phenolic OH excluding ortho intramolecular Hbond substituents is 1. The van der Waals surface area contributed by atoms with E-state index in [0.717, 1.165) is 19.3 Å². The number of benzene rings is 1. The van der Waals surface area contributed by atoms with E-state index in [1.54, 1.807) is 0 Å². The fourth-order valence-electron chi connectivity index (χ4n) is 1.00. The lowest BCUT2D eigenvalue weighted by atomic mass is 10.1. The number of aromatic hydroxyl groups is 1. The Balaban J connectivity index is 3.13. The van der Waals surface area contributed by atoms with Crippen LogP contribution in [0.2, 0.25) is 0 Å². The first-order valence-corrected chi connectivity index (χ1v) is 4.26. The van der Waals surface area contributed by atoms with Crippen LogP contribution in [0.3, 0.4) is 0 Å². The molecule has 1 rings (SSSR count). The molecule has 0 aliphatic carbocycles. The molecular weight excluding hydrogens is 148 g/mol. The Bertz CT molecular complexity index is 376. The molecule has 66 valence electrons. The molecule has 0 aromatic heterocycles. The van der Waals surface area contributed by atoms with Crippen LogP contribution in [0.4, 0.5) is 0 Å². The van der Waals surface area contributed by atoms with Crippen LogP contribution >= 0.6 is 0 Å². The summed E-state index contributed by atoms with van der Waals surface area (Å²) in [5.74, 6) is -0.306. The van der Waals surface area contributed by atoms with Gasteiger partial charge < -0.3 is 5.11 Å². The van der Waals surface area contributed by atoms with Crippen molar-refractivity contribution in [2.24, 2.45) is 0 Å². The van der Waals surface area contributed by atoms with Crippen LogP contribution in [0.5, 0.6) is 5.75 Å². The van der Waals surface area contributed by atoms with Crippen molar-refractivity contribution >= 4 is 0 Å². The third kappa shape index (κ3) is 2.95. The zero-order valence-electron chi connectivity index (χ0n) is 12.2. The van der Waals surface area contributed by atoms with E-state index in [1.807, 2.05) is 0 Å². The first-order valence-electron chi connectivity index (χ1n) is 6.67. The van der Waals surface area contributed by atoms with Crippen molar-refractivity contribution in [3.05, 3.63) is 29.7 Å². The minimum atomic E-state index is -0.306. The van der Waals surface area contributed by atoms with Crippen LogP contribution in [-0.4, -0.2) is 6.54 Å². The van der Waals surface area contributed by atoms with Gasteiger partial charge in [0, 0.05) is 0 Å². The predicted molar refractivity (Wildman–Crippen MR) is 51.3 cm³/mol. The lowest BCUT2D eigenvalue weighted by molar-refractivity contribution is 0.475. The van der Waals surface area contributed by atoms with Gasteiger partial charge in [0.05, 0.1) is 5.48 Å². The minimum absolute atomic E-state index is 0.0932.